The Morgan fingerprint density at radius 3 is 1.55 bits per heavy atom. The summed E-state index contributed by atoms with van der Waals surface area (Å²) >= 11 is 0. The van der Waals surface area contributed by atoms with E-state index in [9.17, 15) is 13.2 Å². The number of halogens is 3. The molecule has 0 saturated heterocycles. The van der Waals surface area contributed by atoms with E-state index in [-0.39, 0.29) is 11.8 Å². The first-order chi connectivity index (χ1) is 9.16. The zero-order chi connectivity index (χ0) is 15.3. The van der Waals surface area contributed by atoms with Gasteiger partial charge in [-0.3, -0.25) is 0 Å². The van der Waals surface area contributed by atoms with Crippen molar-refractivity contribution in [3.8, 4) is 0 Å². The Balaban J connectivity index is 2.73. The lowest BCUT2D eigenvalue weighted by molar-refractivity contribution is -0.225. The Kier molecular flexibility index (Phi) is 6.40. The van der Waals surface area contributed by atoms with E-state index in [0.717, 1.165) is 32.1 Å². The van der Waals surface area contributed by atoms with Crippen molar-refractivity contribution in [1.82, 2.24) is 0 Å². The van der Waals surface area contributed by atoms with E-state index < -0.39 is 11.6 Å². The fourth-order valence-electron chi connectivity index (χ4n) is 3.15. The van der Waals surface area contributed by atoms with E-state index in [0.29, 0.717) is 12.8 Å². The SMILES string of the molecule is CC1(C)CCCCCCCCCC(C)(C(F)(F)F)CC1. The van der Waals surface area contributed by atoms with Gasteiger partial charge in [-0.2, -0.15) is 13.2 Å². The molecule has 1 aliphatic carbocycles. The molecule has 1 saturated carbocycles. The second-order valence-electron chi connectivity index (χ2n) is 7.70. The van der Waals surface area contributed by atoms with Crippen molar-refractivity contribution in [3.63, 3.8) is 0 Å². The Morgan fingerprint density at radius 1 is 0.600 bits per heavy atom. The van der Waals surface area contributed by atoms with Crippen LogP contribution in [0.15, 0.2) is 0 Å². The molecule has 0 N–H and O–H groups in total. The smallest absolute Gasteiger partial charge is 0.171 e. The molecule has 0 spiro atoms. The monoisotopic (exact) mass is 292 g/mol. The highest BCUT2D eigenvalue weighted by atomic mass is 19.4. The highest BCUT2D eigenvalue weighted by Gasteiger charge is 2.50. The summed E-state index contributed by atoms with van der Waals surface area (Å²) in [5.74, 6) is 0. The minimum atomic E-state index is -4.07. The van der Waals surface area contributed by atoms with E-state index >= 15 is 0 Å². The van der Waals surface area contributed by atoms with Crippen molar-refractivity contribution in [2.24, 2.45) is 10.8 Å². The number of rotatable bonds is 0. The third kappa shape index (κ3) is 5.65. The van der Waals surface area contributed by atoms with E-state index in [4.69, 9.17) is 0 Å². The molecule has 120 valence electrons. The van der Waals surface area contributed by atoms with Crippen LogP contribution in [-0.4, -0.2) is 6.18 Å². The quantitative estimate of drug-likeness (QED) is 0.456. The highest BCUT2D eigenvalue weighted by molar-refractivity contribution is 4.85. The van der Waals surface area contributed by atoms with Crippen LogP contribution in [0.4, 0.5) is 13.2 Å². The number of hydrogen-bond donors (Lipinski definition) is 0. The zero-order valence-corrected chi connectivity index (χ0v) is 13.4. The van der Waals surface area contributed by atoms with Gasteiger partial charge in [0.2, 0.25) is 0 Å². The molecular formula is C17H31F3. The fraction of sp³-hybridized carbons (Fsp3) is 1.00. The van der Waals surface area contributed by atoms with E-state index in [1.54, 1.807) is 0 Å². The Labute approximate surface area is 122 Å². The van der Waals surface area contributed by atoms with Gasteiger partial charge in [0.25, 0.3) is 0 Å². The molecule has 3 heteroatoms. The van der Waals surface area contributed by atoms with E-state index in [2.05, 4.69) is 13.8 Å². The van der Waals surface area contributed by atoms with Crippen molar-refractivity contribution < 1.29 is 13.2 Å². The molecule has 0 bridgehead atoms. The second-order valence-corrected chi connectivity index (χ2v) is 7.70. The van der Waals surface area contributed by atoms with Crippen molar-refractivity contribution in [1.29, 1.82) is 0 Å². The number of hydrogen-bond acceptors (Lipinski definition) is 0. The van der Waals surface area contributed by atoms with Gasteiger partial charge in [-0.1, -0.05) is 65.7 Å². The highest BCUT2D eigenvalue weighted by Crippen LogP contribution is 2.48. The van der Waals surface area contributed by atoms with Gasteiger partial charge in [-0.25, -0.2) is 0 Å². The molecule has 1 aliphatic rings. The Morgan fingerprint density at radius 2 is 1.05 bits per heavy atom. The van der Waals surface area contributed by atoms with Crippen LogP contribution in [0.2, 0.25) is 0 Å². The van der Waals surface area contributed by atoms with Gasteiger partial charge in [-0.05, 0) is 31.1 Å². The van der Waals surface area contributed by atoms with Gasteiger partial charge >= 0.3 is 6.18 Å². The average molecular weight is 292 g/mol. The summed E-state index contributed by atoms with van der Waals surface area (Å²) in [7, 11) is 0. The standard InChI is InChI=1S/C17H31F3/c1-15(2)11-9-7-5-4-6-8-10-12-16(3,14-13-15)17(18,19)20/h4-14H2,1-3H3. The van der Waals surface area contributed by atoms with Crippen molar-refractivity contribution in [3.05, 3.63) is 0 Å². The lowest BCUT2D eigenvalue weighted by Crippen LogP contribution is -2.36. The van der Waals surface area contributed by atoms with Gasteiger partial charge in [0, 0.05) is 0 Å². The first-order valence-corrected chi connectivity index (χ1v) is 8.23. The molecule has 0 nitrogen and oxygen atoms in total. The lowest BCUT2D eigenvalue weighted by Gasteiger charge is -2.35. The third-order valence-corrected chi connectivity index (χ3v) is 5.12. The average Bonchev–Trinajstić information content (AvgIpc) is 2.33. The van der Waals surface area contributed by atoms with Crippen LogP contribution in [0.25, 0.3) is 0 Å². The predicted molar refractivity (Wildman–Crippen MR) is 78.7 cm³/mol. The molecular weight excluding hydrogens is 261 g/mol. The van der Waals surface area contributed by atoms with Crippen LogP contribution in [0, 0.1) is 10.8 Å². The van der Waals surface area contributed by atoms with E-state index in [1.807, 2.05) is 0 Å². The molecule has 0 aliphatic heterocycles. The van der Waals surface area contributed by atoms with Gasteiger partial charge < -0.3 is 0 Å². The zero-order valence-electron chi connectivity index (χ0n) is 13.4. The van der Waals surface area contributed by atoms with Crippen molar-refractivity contribution in [2.45, 2.75) is 97.6 Å². The third-order valence-electron chi connectivity index (χ3n) is 5.12. The first-order valence-electron chi connectivity index (χ1n) is 8.23. The Hall–Kier alpha value is -0.210. The summed E-state index contributed by atoms with van der Waals surface area (Å²) in [4.78, 5) is 0. The largest absolute Gasteiger partial charge is 0.394 e. The molecule has 0 aromatic carbocycles. The topological polar surface area (TPSA) is 0 Å². The Bertz CT molecular complexity index is 280. The van der Waals surface area contributed by atoms with Crippen LogP contribution in [-0.2, 0) is 0 Å². The summed E-state index contributed by atoms with van der Waals surface area (Å²) in [5, 5.41) is 0. The molecule has 1 atom stereocenters. The summed E-state index contributed by atoms with van der Waals surface area (Å²) in [6, 6.07) is 0. The van der Waals surface area contributed by atoms with Crippen LogP contribution in [0.1, 0.15) is 91.4 Å². The molecule has 1 unspecified atom stereocenters. The predicted octanol–water partition coefficient (Wildman–Crippen LogP) is 6.89. The summed E-state index contributed by atoms with van der Waals surface area (Å²) in [5.41, 5.74) is -1.45. The summed E-state index contributed by atoms with van der Waals surface area (Å²) in [6.45, 7) is 5.69. The van der Waals surface area contributed by atoms with Crippen LogP contribution < -0.4 is 0 Å². The molecule has 0 amide bonds. The molecule has 1 rings (SSSR count). The summed E-state index contributed by atoms with van der Waals surface area (Å²) < 4.78 is 40.2. The molecule has 0 aromatic heterocycles. The van der Waals surface area contributed by atoms with Crippen LogP contribution in [0.5, 0.6) is 0 Å². The lowest BCUT2D eigenvalue weighted by atomic mass is 9.73. The van der Waals surface area contributed by atoms with Gasteiger partial charge in [-0.15, -0.1) is 0 Å². The maximum Gasteiger partial charge on any atom is 0.394 e. The maximum absolute atomic E-state index is 13.4. The number of alkyl halides is 3. The van der Waals surface area contributed by atoms with Gasteiger partial charge in [0.05, 0.1) is 5.41 Å². The molecule has 0 heterocycles. The molecule has 0 aromatic rings. The van der Waals surface area contributed by atoms with Crippen molar-refractivity contribution in [2.75, 3.05) is 0 Å². The van der Waals surface area contributed by atoms with Crippen molar-refractivity contribution >= 4 is 0 Å². The minimum absolute atomic E-state index is 0.0422. The first kappa shape index (κ1) is 17.8. The summed E-state index contributed by atoms with van der Waals surface area (Å²) in [6.07, 6.45) is 5.84. The second kappa shape index (κ2) is 7.17. The van der Waals surface area contributed by atoms with Gasteiger partial charge in [0.15, 0.2) is 0 Å². The maximum atomic E-state index is 13.4. The van der Waals surface area contributed by atoms with Gasteiger partial charge in [0.1, 0.15) is 0 Å². The van der Waals surface area contributed by atoms with Crippen LogP contribution in [0.3, 0.4) is 0 Å². The molecule has 20 heavy (non-hydrogen) atoms. The normalized spacial score (nSPS) is 30.9. The van der Waals surface area contributed by atoms with E-state index in [1.165, 1.54) is 26.2 Å². The fourth-order valence-corrected chi connectivity index (χ4v) is 3.15. The molecule has 1 fully saturated rings. The minimum Gasteiger partial charge on any atom is -0.171 e. The molecule has 0 radical (unpaired) electrons. The van der Waals surface area contributed by atoms with Crippen LogP contribution >= 0.6 is 0 Å².